The molecule has 1 atom stereocenters. The number of carbonyl (C=O) groups is 1. The third-order valence-corrected chi connectivity index (χ3v) is 4.94. The SMILES string of the molecule is CN1Cc2cc(C(F)(F)F)cnc2N2CCN(C(C)(C)C)C[C@@H]2C1=O. The van der Waals surface area contributed by atoms with Crippen LogP contribution in [-0.2, 0) is 17.5 Å². The molecule has 1 amide bonds. The molecular weight excluding hydrogens is 333 g/mol. The van der Waals surface area contributed by atoms with Crippen molar-refractivity contribution >= 4 is 11.7 Å². The molecule has 0 saturated carbocycles. The zero-order valence-electron chi connectivity index (χ0n) is 14.9. The molecule has 0 aliphatic carbocycles. The Bertz CT molecular complexity index is 683. The van der Waals surface area contributed by atoms with Crippen molar-refractivity contribution in [3.63, 3.8) is 0 Å². The molecule has 25 heavy (non-hydrogen) atoms. The first-order chi connectivity index (χ1) is 11.5. The lowest BCUT2D eigenvalue weighted by Crippen LogP contribution is -2.62. The van der Waals surface area contributed by atoms with Crippen LogP contribution in [-0.4, -0.2) is 59.0 Å². The van der Waals surface area contributed by atoms with Crippen LogP contribution in [0, 0.1) is 0 Å². The Morgan fingerprint density at radius 1 is 1.20 bits per heavy atom. The molecule has 0 unspecified atom stereocenters. The summed E-state index contributed by atoms with van der Waals surface area (Å²) in [5.74, 6) is 0.407. The van der Waals surface area contributed by atoms with Gasteiger partial charge in [0.05, 0.1) is 5.56 Å². The smallest absolute Gasteiger partial charge is 0.342 e. The molecule has 2 aliphatic rings. The highest BCUT2D eigenvalue weighted by molar-refractivity contribution is 5.87. The number of aromatic nitrogens is 1. The number of likely N-dealkylation sites (N-methyl/N-ethyl adjacent to an activating group) is 1. The van der Waals surface area contributed by atoms with E-state index in [0.717, 1.165) is 18.8 Å². The van der Waals surface area contributed by atoms with E-state index >= 15 is 0 Å². The monoisotopic (exact) mass is 356 g/mol. The molecule has 1 aromatic heterocycles. The molecular formula is C17H23F3N4O. The van der Waals surface area contributed by atoms with Gasteiger partial charge < -0.3 is 9.80 Å². The fourth-order valence-electron chi connectivity index (χ4n) is 3.48. The second-order valence-corrected chi connectivity index (χ2v) is 7.72. The van der Waals surface area contributed by atoms with E-state index in [4.69, 9.17) is 0 Å². The number of halogens is 3. The number of pyridine rings is 1. The average Bonchev–Trinajstić information content (AvgIpc) is 2.61. The second kappa shape index (κ2) is 5.86. The molecule has 1 fully saturated rings. The van der Waals surface area contributed by atoms with Crippen molar-refractivity contribution in [1.29, 1.82) is 0 Å². The van der Waals surface area contributed by atoms with Gasteiger partial charge in [-0.25, -0.2) is 4.98 Å². The van der Waals surface area contributed by atoms with E-state index in [1.165, 1.54) is 4.90 Å². The Balaban J connectivity index is 2.00. The summed E-state index contributed by atoms with van der Waals surface area (Å²) in [6.45, 7) is 8.24. The Kier molecular flexibility index (Phi) is 4.21. The number of rotatable bonds is 0. The molecule has 0 radical (unpaired) electrons. The van der Waals surface area contributed by atoms with Gasteiger partial charge in [0.15, 0.2) is 0 Å². The molecule has 3 rings (SSSR count). The maximum atomic E-state index is 13.0. The molecule has 0 spiro atoms. The van der Waals surface area contributed by atoms with Crippen molar-refractivity contribution in [2.24, 2.45) is 0 Å². The van der Waals surface area contributed by atoms with Crippen LogP contribution >= 0.6 is 0 Å². The van der Waals surface area contributed by atoms with Crippen molar-refractivity contribution in [1.82, 2.24) is 14.8 Å². The van der Waals surface area contributed by atoms with E-state index in [0.29, 0.717) is 24.5 Å². The third kappa shape index (κ3) is 3.31. The standard InChI is InChI=1S/C17H23F3N4O/c1-16(2,3)23-5-6-24-13(10-23)15(25)22(4)9-11-7-12(17(18,19)20)8-21-14(11)24/h7-8,13H,5-6,9-10H2,1-4H3/t13-/m1/s1. The number of carbonyl (C=O) groups excluding carboxylic acids is 1. The topological polar surface area (TPSA) is 39.7 Å². The minimum atomic E-state index is -4.44. The zero-order valence-corrected chi connectivity index (χ0v) is 14.9. The van der Waals surface area contributed by atoms with Gasteiger partial charge in [-0.2, -0.15) is 13.2 Å². The number of piperazine rings is 1. The molecule has 0 N–H and O–H groups in total. The summed E-state index contributed by atoms with van der Waals surface area (Å²) in [5, 5.41) is 0. The van der Waals surface area contributed by atoms with Gasteiger partial charge >= 0.3 is 6.18 Å². The highest BCUT2D eigenvalue weighted by Crippen LogP contribution is 2.35. The van der Waals surface area contributed by atoms with Gasteiger partial charge in [-0.05, 0) is 26.8 Å². The fourth-order valence-corrected chi connectivity index (χ4v) is 3.48. The lowest BCUT2D eigenvalue weighted by Gasteiger charge is -2.46. The van der Waals surface area contributed by atoms with E-state index in [1.807, 2.05) is 4.90 Å². The number of anilines is 1. The number of hydrogen-bond acceptors (Lipinski definition) is 4. The van der Waals surface area contributed by atoms with Gasteiger partial charge in [-0.1, -0.05) is 0 Å². The Morgan fingerprint density at radius 2 is 1.88 bits per heavy atom. The first-order valence-corrected chi connectivity index (χ1v) is 8.31. The van der Waals surface area contributed by atoms with Crippen LogP contribution in [0.4, 0.5) is 19.0 Å². The third-order valence-electron chi connectivity index (χ3n) is 4.94. The summed E-state index contributed by atoms with van der Waals surface area (Å²) >= 11 is 0. The molecule has 2 aliphatic heterocycles. The van der Waals surface area contributed by atoms with Crippen LogP contribution < -0.4 is 4.90 Å². The van der Waals surface area contributed by atoms with Gasteiger partial charge in [0.1, 0.15) is 11.9 Å². The van der Waals surface area contributed by atoms with E-state index in [-0.39, 0.29) is 18.0 Å². The van der Waals surface area contributed by atoms with Crippen LogP contribution in [0.5, 0.6) is 0 Å². The molecule has 0 bridgehead atoms. The summed E-state index contributed by atoms with van der Waals surface area (Å²) in [7, 11) is 1.63. The molecule has 0 aromatic carbocycles. The average molecular weight is 356 g/mol. The maximum Gasteiger partial charge on any atom is 0.417 e. The minimum absolute atomic E-state index is 0.0757. The van der Waals surface area contributed by atoms with Crippen molar-refractivity contribution in [3.8, 4) is 0 Å². The molecule has 1 aromatic rings. The van der Waals surface area contributed by atoms with Crippen LogP contribution in [0.2, 0.25) is 0 Å². The Labute approximate surface area is 145 Å². The summed E-state index contributed by atoms with van der Waals surface area (Å²) in [6.07, 6.45) is -3.58. The van der Waals surface area contributed by atoms with Gasteiger partial charge in [0.2, 0.25) is 5.91 Å². The highest BCUT2D eigenvalue weighted by Gasteiger charge is 2.41. The van der Waals surface area contributed by atoms with Gasteiger partial charge in [-0.3, -0.25) is 9.69 Å². The summed E-state index contributed by atoms with van der Waals surface area (Å²) < 4.78 is 39.0. The van der Waals surface area contributed by atoms with E-state index in [9.17, 15) is 18.0 Å². The number of amides is 1. The van der Waals surface area contributed by atoms with Crippen LogP contribution in [0.25, 0.3) is 0 Å². The predicted octanol–water partition coefficient (Wildman–Crippen LogP) is 2.36. The molecule has 138 valence electrons. The van der Waals surface area contributed by atoms with Crippen molar-refractivity contribution < 1.29 is 18.0 Å². The number of alkyl halides is 3. The maximum absolute atomic E-state index is 13.0. The number of fused-ring (bicyclic) bond motifs is 3. The lowest BCUT2D eigenvalue weighted by atomic mass is 10.0. The van der Waals surface area contributed by atoms with Gasteiger partial charge in [0, 0.05) is 50.5 Å². The fraction of sp³-hybridized carbons (Fsp3) is 0.647. The highest BCUT2D eigenvalue weighted by atomic mass is 19.4. The molecule has 1 saturated heterocycles. The van der Waals surface area contributed by atoms with Crippen molar-refractivity contribution in [2.45, 2.75) is 45.1 Å². The van der Waals surface area contributed by atoms with Crippen LogP contribution in [0.1, 0.15) is 31.9 Å². The number of nitrogens with zero attached hydrogens (tertiary/aromatic N) is 4. The number of hydrogen-bond donors (Lipinski definition) is 0. The molecule has 3 heterocycles. The predicted molar refractivity (Wildman–Crippen MR) is 88.2 cm³/mol. The van der Waals surface area contributed by atoms with Crippen LogP contribution in [0.15, 0.2) is 12.3 Å². The Morgan fingerprint density at radius 3 is 2.48 bits per heavy atom. The summed E-state index contributed by atoms with van der Waals surface area (Å²) in [6, 6.07) is 0.688. The minimum Gasteiger partial charge on any atom is -0.342 e. The summed E-state index contributed by atoms with van der Waals surface area (Å²) in [5.41, 5.74) is -0.413. The van der Waals surface area contributed by atoms with Crippen LogP contribution in [0.3, 0.4) is 0 Å². The summed E-state index contributed by atoms with van der Waals surface area (Å²) in [4.78, 5) is 22.5. The second-order valence-electron chi connectivity index (χ2n) is 7.72. The van der Waals surface area contributed by atoms with E-state index < -0.39 is 17.8 Å². The normalized spacial score (nSPS) is 22.5. The van der Waals surface area contributed by atoms with Gasteiger partial charge in [-0.15, -0.1) is 0 Å². The van der Waals surface area contributed by atoms with E-state index in [1.54, 1.807) is 7.05 Å². The van der Waals surface area contributed by atoms with E-state index in [2.05, 4.69) is 30.7 Å². The molecule has 5 nitrogen and oxygen atoms in total. The lowest BCUT2D eigenvalue weighted by molar-refractivity contribution is -0.137. The Hall–Kier alpha value is -1.83. The first kappa shape index (κ1) is 18.0. The van der Waals surface area contributed by atoms with Crippen molar-refractivity contribution in [2.75, 3.05) is 31.6 Å². The van der Waals surface area contributed by atoms with Gasteiger partial charge in [0.25, 0.3) is 0 Å². The molecule has 8 heteroatoms. The quantitative estimate of drug-likeness (QED) is 0.716. The largest absolute Gasteiger partial charge is 0.417 e. The first-order valence-electron chi connectivity index (χ1n) is 8.31. The van der Waals surface area contributed by atoms with Crippen molar-refractivity contribution in [3.05, 3.63) is 23.4 Å². The zero-order chi connectivity index (χ0) is 18.6.